The van der Waals surface area contributed by atoms with Crippen molar-refractivity contribution in [1.29, 1.82) is 0 Å². The summed E-state index contributed by atoms with van der Waals surface area (Å²) in [5, 5.41) is 3.10. The molecule has 88 valence electrons. The number of hydrogen-bond donors (Lipinski definition) is 2. The molecule has 0 heterocycles. The molecule has 0 spiro atoms. The van der Waals surface area contributed by atoms with Gasteiger partial charge in [-0.15, -0.1) is 11.8 Å². The maximum absolute atomic E-state index is 10.9. The van der Waals surface area contributed by atoms with E-state index in [1.807, 2.05) is 14.0 Å². The average Bonchev–Trinajstić information content (AvgIpc) is 2.28. The quantitative estimate of drug-likeness (QED) is 0.740. The molecule has 1 aromatic carbocycles. The summed E-state index contributed by atoms with van der Waals surface area (Å²) in [6.07, 6.45) is 0. The minimum atomic E-state index is -0.237. The van der Waals surface area contributed by atoms with Crippen LogP contribution < -0.4 is 11.1 Å². The van der Waals surface area contributed by atoms with Gasteiger partial charge in [0.2, 0.25) is 5.91 Å². The summed E-state index contributed by atoms with van der Waals surface area (Å²) in [4.78, 5) is 12.0. The fourth-order valence-corrected chi connectivity index (χ4v) is 2.15. The first-order valence-electron chi connectivity index (χ1n) is 5.29. The molecule has 0 bridgehead atoms. The lowest BCUT2D eigenvalue weighted by Gasteiger charge is -2.07. The van der Waals surface area contributed by atoms with Crippen molar-refractivity contribution < 1.29 is 4.79 Å². The molecule has 0 saturated carbocycles. The molecule has 0 aliphatic heterocycles. The standard InChI is InChI=1S/C12H18N2OS/c1-9(12(13)15)8-16-11-5-3-10(4-6-11)7-14-2/h3-6,9,14H,7-8H2,1-2H3,(H2,13,15). The van der Waals surface area contributed by atoms with Gasteiger partial charge in [0.05, 0.1) is 0 Å². The van der Waals surface area contributed by atoms with E-state index in [-0.39, 0.29) is 11.8 Å². The summed E-state index contributed by atoms with van der Waals surface area (Å²) in [5.41, 5.74) is 6.46. The zero-order valence-electron chi connectivity index (χ0n) is 9.69. The molecule has 4 heteroatoms. The highest BCUT2D eigenvalue weighted by Crippen LogP contribution is 2.20. The Morgan fingerprint density at radius 1 is 1.44 bits per heavy atom. The molecule has 16 heavy (non-hydrogen) atoms. The van der Waals surface area contributed by atoms with E-state index in [4.69, 9.17) is 5.73 Å². The Morgan fingerprint density at radius 3 is 2.56 bits per heavy atom. The van der Waals surface area contributed by atoms with Crippen LogP contribution in [0.25, 0.3) is 0 Å². The molecule has 0 aromatic heterocycles. The second-order valence-electron chi connectivity index (χ2n) is 3.79. The Bertz CT molecular complexity index is 337. The van der Waals surface area contributed by atoms with E-state index in [1.54, 1.807) is 11.8 Å². The van der Waals surface area contributed by atoms with Crippen molar-refractivity contribution in [2.45, 2.75) is 18.4 Å². The average molecular weight is 238 g/mol. The van der Waals surface area contributed by atoms with Crippen molar-refractivity contribution in [3.63, 3.8) is 0 Å². The SMILES string of the molecule is CNCc1ccc(SCC(C)C(N)=O)cc1. The van der Waals surface area contributed by atoms with Gasteiger partial charge in [-0.1, -0.05) is 19.1 Å². The third-order valence-corrected chi connectivity index (χ3v) is 3.56. The molecule has 1 rings (SSSR count). The number of rotatable bonds is 6. The maximum atomic E-state index is 10.9. The Hall–Kier alpha value is -1.00. The molecule has 0 fully saturated rings. The molecular weight excluding hydrogens is 220 g/mol. The van der Waals surface area contributed by atoms with Crippen LogP contribution in [0.4, 0.5) is 0 Å². The van der Waals surface area contributed by atoms with Gasteiger partial charge in [0.1, 0.15) is 0 Å². The van der Waals surface area contributed by atoms with Crippen molar-refractivity contribution in [3.8, 4) is 0 Å². The highest BCUT2D eigenvalue weighted by Gasteiger charge is 2.08. The number of nitrogens with one attached hydrogen (secondary N) is 1. The van der Waals surface area contributed by atoms with Gasteiger partial charge in [0.25, 0.3) is 0 Å². The van der Waals surface area contributed by atoms with E-state index in [0.717, 1.165) is 12.3 Å². The maximum Gasteiger partial charge on any atom is 0.221 e. The van der Waals surface area contributed by atoms with Crippen molar-refractivity contribution >= 4 is 17.7 Å². The fourth-order valence-electron chi connectivity index (χ4n) is 1.21. The number of thioether (sulfide) groups is 1. The Morgan fingerprint density at radius 2 is 2.06 bits per heavy atom. The van der Waals surface area contributed by atoms with Crippen LogP contribution in [0.3, 0.4) is 0 Å². The summed E-state index contributed by atoms with van der Waals surface area (Å²) >= 11 is 1.66. The van der Waals surface area contributed by atoms with Gasteiger partial charge < -0.3 is 11.1 Å². The molecule has 3 N–H and O–H groups in total. The second kappa shape index (κ2) is 6.55. The van der Waals surface area contributed by atoms with Crippen LogP contribution in [0.15, 0.2) is 29.2 Å². The fraction of sp³-hybridized carbons (Fsp3) is 0.417. The van der Waals surface area contributed by atoms with E-state index < -0.39 is 0 Å². The summed E-state index contributed by atoms with van der Waals surface area (Å²) in [6.45, 7) is 2.73. The predicted molar refractivity (Wildman–Crippen MR) is 68.3 cm³/mol. The summed E-state index contributed by atoms with van der Waals surface area (Å²) in [6, 6.07) is 8.33. The summed E-state index contributed by atoms with van der Waals surface area (Å²) in [5.74, 6) is 0.419. The first kappa shape index (κ1) is 13.1. The van der Waals surface area contributed by atoms with E-state index in [9.17, 15) is 4.79 Å². The Balaban J connectivity index is 2.46. The lowest BCUT2D eigenvalue weighted by Crippen LogP contribution is -2.22. The zero-order chi connectivity index (χ0) is 12.0. The third kappa shape index (κ3) is 4.24. The monoisotopic (exact) mass is 238 g/mol. The van der Waals surface area contributed by atoms with E-state index in [1.165, 1.54) is 10.5 Å². The Kier molecular flexibility index (Phi) is 5.35. The summed E-state index contributed by atoms with van der Waals surface area (Å²) < 4.78 is 0. The van der Waals surface area contributed by atoms with Crippen LogP contribution in [0.1, 0.15) is 12.5 Å². The van der Waals surface area contributed by atoms with Crippen LogP contribution >= 0.6 is 11.8 Å². The number of amides is 1. The molecule has 0 saturated heterocycles. The minimum Gasteiger partial charge on any atom is -0.369 e. The number of primary amides is 1. The van der Waals surface area contributed by atoms with Crippen LogP contribution in [0, 0.1) is 5.92 Å². The number of carbonyl (C=O) groups excluding carboxylic acids is 1. The molecule has 1 amide bonds. The molecule has 0 aliphatic rings. The first-order chi connectivity index (χ1) is 7.63. The third-order valence-electron chi connectivity index (χ3n) is 2.29. The van der Waals surface area contributed by atoms with Gasteiger partial charge in [0, 0.05) is 23.1 Å². The highest BCUT2D eigenvalue weighted by molar-refractivity contribution is 7.99. The van der Waals surface area contributed by atoms with Gasteiger partial charge in [0.15, 0.2) is 0 Å². The molecular formula is C12H18N2OS. The van der Waals surface area contributed by atoms with Gasteiger partial charge in [-0.2, -0.15) is 0 Å². The molecule has 0 radical (unpaired) electrons. The highest BCUT2D eigenvalue weighted by atomic mass is 32.2. The first-order valence-corrected chi connectivity index (χ1v) is 6.27. The van der Waals surface area contributed by atoms with E-state index >= 15 is 0 Å². The van der Waals surface area contributed by atoms with E-state index in [2.05, 4.69) is 29.6 Å². The number of carbonyl (C=O) groups is 1. The second-order valence-corrected chi connectivity index (χ2v) is 4.88. The van der Waals surface area contributed by atoms with Gasteiger partial charge in [-0.3, -0.25) is 4.79 Å². The Labute approximate surface area is 101 Å². The molecule has 3 nitrogen and oxygen atoms in total. The van der Waals surface area contributed by atoms with Crippen LogP contribution in [0.5, 0.6) is 0 Å². The normalized spacial score (nSPS) is 12.4. The zero-order valence-corrected chi connectivity index (χ0v) is 10.5. The molecule has 1 aromatic rings. The van der Waals surface area contributed by atoms with Crippen molar-refractivity contribution in [3.05, 3.63) is 29.8 Å². The molecule has 1 unspecified atom stereocenters. The van der Waals surface area contributed by atoms with Gasteiger partial charge >= 0.3 is 0 Å². The van der Waals surface area contributed by atoms with Gasteiger partial charge in [-0.05, 0) is 24.7 Å². The largest absolute Gasteiger partial charge is 0.369 e. The van der Waals surface area contributed by atoms with Gasteiger partial charge in [-0.25, -0.2) is 0 Å². The smallest absolute Gasteiger partial charge is 0.221 e. The van der Waals surface area contributed by atoms with Crippen molar-refractivity contribution in [2.24, 2.45) is 11.7 Å². The van der Waals surface area contributed by atoms with Crippen molar-refractivity contribution in [2.75, 3.05) is 12.8 Å². The lowest BCUT2D eigenvalue weighted by molar-refractivity contribution is -0.120. The lowest BCUT2D eigenvalue weighted by atomic mass is 10.2. The molecule has 1 atom stereocenters. The van der Waals surface area contributed by atoms with Crippen molar-refractivity contribution in [1.82, 2.24) is 5.32 Å². The number of hydrogen-bond acceptors (Lipinski definition) is 3. The summed E-state index contributed by atoms with van der Waals surface area (Å²) in [7, 11) is 1.93. The number of benzene rings is 1. The van der Waals surface area contributed by atoms with Crippen LogP contribution in [-0.4, -0.2) is 18.7 Å². The van der Waals surface area contributed by atoms with Crippen LogP contribution in [0.2, 0.25) is 0 Å². The minimum absolute atomic E-state index is 0.0815. The van der Waals surface area contributed by atoms with Crippen LogP contribution in [-0.2, 0) is 11.3 Å². The number of nitrogens with two attached hydrogens (primary N) is 1. The van der Waals surface area contributed by atoms with E-state index in [0.29, 0.717) is 0 Å². The predicted octanol–water partition coefficient (Wildman–Crippen LogP) is 1.62. The topological polar surface area (TPSA) is 55.1 Å². The molecule has 0 aliphatic carbocycles.